The molecule has 0 unspecified atom stereocenters. The molecule has 1 amide bonds. The number of anilines is 1. The molecule has 3 nitrogen and oxygen atoms in total. The molecule has 1 saturated carbocycles. The van der Waals surface area contributed by atoms with Crippen molar-refractivity contribution in [3.05, 3.63) is 29.8 Å². The second-order valence-corrected chi connectivity index (χ2v) is 4.85. The Bertz CT molecular complexity index is 393. The van der Waals surface area contributed by atoms with Crippen LogP contribution in [0.3, 0.4) is 0 Å². The molecule has 0 atom stereocenters. The number of hydrogen-bond acceptors (Lipinski definition) is 2. The minimum atomic E-state index is -0.651. The molecule has 0 aliphatic heterocycles. The molecule has 103 valence electrons. The summed E-state index contributed by atoms with van der Waals surface area (Å²) >= 11 is 0. The SMILES string of the molecule is CC.Cc1[c-]cc(NC(=O)C2CC(C)(O)C2)cc1.[Y]. The van der Waals surface area contributed by atoms with E-state index in [1.54, 1.807) is 13.0 Å². The Kier molecular flexibility index (Phi) is 8.03. The first-order valence-corrected chi connectivity index (χ1v) is 6.48. The minimum absolute atomic E-state index is 0. The van der Waals surface area contributed by atoms with E-state index in [2.05, 4.69) is 11.4 Å². The van der Waals surface area contributed by atoms with E-state index in [4.69, 9.17) is 0 Å². The third-order valence-electron chi connectivity index (χ3n) is 2.98. The molecule has 1 aliphatic carbocycles. The summed E-state index contributed by atoms with van der Waals surface area (Å²) in [6.45, 7) is 7.71. The summed E-state index contributed by atoms with van der Waals surface area (Å²) in [7, 11) is 0. The van der Waals surface area contributed by atoms with E-state index in [1.807, 2.05) is 32.9 Å². The summed E-state index contributed by atoms with van der Waals surface area (Å²) in [5.74, 6) is -0.0694. The number of amides is 1. The van der Waals surface area contributed by atoms with Crippen molar-refractivity contribution in [2.45, 2.75) is 46.1 Å². The Balaban J connectivity index is 0.00000103. The van der Waals surface area contributed by atoms with Gasteiger partial charge in [0.15, 0.2) is 0 Å². The van der Waals surface area contributed by atoms with Crippen molar-refractivity contribution >= 4 is 11.6 Å². The van der Waals surface area contributed by atoms with E-state index in [9.17, 15) is 9.90 Å². The standard InChI is InChI=1S/C13H16NO2.C2H6.Y/c1-9-3-5-11(6-4-9)14-12(15)10-7-13(2,16)8-10;1-2;/h3,5-6,10,16H,7-8H2,1-2H3,(H,14,15);1-2H3;/q-1;;. The summed E-state index contributed by atoms with van der Waals surface area (Å²) in [6.07, 6.45) is 1.10. The number of benzene rings is 1. The smallest absolute Gasteiger partial charge is 0.216 e. The van der Waals surface area contributed by atoms with Gasteiger partial charge in [-0.3, -0.25) is 4.79 Å². The van der Waals surface area contributed by atoms with Gasteiger partial charge in [-0.2, -0.15) is 23.8 Å². The Morgan fingerprint density at radius 3 is 2.42 bits per heavy atom. The molecule has 2 rings (SSSR count). The number of carbonyl (C=O) groups is 1. The first-order chi connectivity index (χ1) is 8.46. The Morgan fingerprint density at radius 2 is 2.00 bits per heavy atom. The zero-order valence-corrected chi connectivity index (χ0v) is 15.0. The van der Waals surface area contributed by atoms with E-state index >= 15 is 0 Å². The van der Waals surface area contributed by atoms with Crippen molar-refractivity contribution in [1.82, 2.24) is 0 Å². The average Bonchev–Trinajstić information content (AvgIpc) is 2.31. The van der Waals surface area contributed by atoms with Gasteiger partial charge in [0.05, 0.1) is 5.60 Å². The van der Waals surface area contributed by atoms with E-state index in [-0.39, 0.29) is 44.5 Å². The van der Waals surface area contributed by atoms with Crippen LogP contribution in [0.4, 0.5) is 5.69 Å². The van der Waals surface area contributed by atoms with Crippen LogP contribution in [0.25, 0.3) is 0 Å². The second-order valence-electron chi connectivity index (χ2n) is 4.85. The van der Waals surface area contributed by atoms with Gasteiger partial charge in [0.1, 0.15) is 0 Å². The first-order valence-electron chi connectivity index (χ1n) is 6.48. The molecule has 0 saturated heterocycles. The summed E-state index contributed by atoms with van der Waals surface area (Å²) in [6, 6.07) is 8.57. The summed E-state index contributed by atoms with van der Waals surface area (Å²) in [5, 5.41) is 12.4. The molecule has 0 aromatic heterocycles. The number of rotatable bonds is 2. The van der Waals surface area contributed by atoms with Crippen LogP contribution in [0.5, 0.6) is 0 Å². The van der Waals surface area contributed by atoms with Crippen molar-refractivity contribution in [2.24, 2.45) is 5.92 Å². The number of aryl methyl sites for hydroxylation is 1. The summed E-state index contributed by atoms with van der Waals surface area (Å²) < 4.78 is 0. The van der Waals surface area contributed by atoms with Gasteiger partial charge in [-0.25, -0.2) is 0 Å². The maximum Gasteiger partial charge on any atom is 0.216 e. The topological polar surface area (TPSA) is 49.3 Å². The van der Waals surface area contributed by atoms with Gasteiger partial charge in [0, 0.05) is 38.6 Å². The fourth-order valence-corrected chi connectivity index (χ4v) is 2.01. The molecular weight excluding hydrogens is 315 g/mol. The van der Waals surface area contributed by atoms with Crippen LogP contribution in [0.2, 0.25) is 0 Å². The molecular formula is C15H22NO2Y-. The van der Waals surface area contributed by atoms with Crippen molar-refractivity contribution in [3.8, 4) is 0 Å². The zero-order chi connectivity index (χ0) is 13.8. The quantitative estimate of drug-likeness (QED) is 0.816. The molecule has 2 N–H and O–H groups in total. The minimum Gasteiger partial charge on any atom is -0.390 e. The van der Waals surface area contributed by atoms with Gasteiger partial charge >= 0.3 is 0 Å². The molecule has 1 aliphatic rings. The maximum atomic E-state index is 11.7. The summed E-state index contributed by atoms with van der Waals surface area (Å²) in [4.78, 5) is 11.7. The van der Waals surface area contributed by atoms with Crippen molar-refractivity contribution in [1.29, 1.82) is 0 Å². The van der Waals surface area contributed by atoms with Crippen LogP contribution in [0.15, 0.2) is 18.2 Å². The second kappa shape index (κ2) is 8.13. The third-order valence-corrected chi connectivity index (χ3v) is 2.98. The van der Waals surface area contributed by atoms with Gasteiger partial charge in [0.2, 0.25) is 5.91 Å². The fourth-order valence-electron chi connectivity index (χ4n) is 2.01. The van der Waals surface area contributed by atoms with Crippen LogP contribution in [0, 0.1) is 18.9 Å². The number of carbonyl (C=O) groups excluding carboxylic acids is 1. The molecule has 19 heavy (non-hydrogen) atoms. The van der Waals surface area contributed by atoms with Crippen molar-refractivity contribution in [3.63, 3.8) is 0 Å². The molecule has 1 aromatic rings. The van der Waals surface area contributed by atoms with Gasteiger partial charge in [-0.05, 0) is 19.8 Å². The summed E-state index contributed by atoms with van der Waals surface area (Å²) in [5.41, 5.74) is 1.16. The maximum absolute atomic E-state index is 11.7. The number of hydrogen-bond donors (Lipinski definition) is 2. The van der Waals surface area contributed by atoms with Crippen LogP contribution >= 0.6 is 0 Å². The van der Waals surface area contributed by atoms with Gasteiger partial charge in [0.25, 0.3) is 0 Å². The molecule has 1 radical (unpaired) electrons. The Hall–Kier alpha value is -0.246. The molecule has 4 heteroatoms. The Labute approximate surface area is 141 Å². The van der Waals surface area contributed by atoms with E-state index < -0.39 is 5.60 Å². The first kappa shape index (κ1) is 18.8. The molecule has 0 heterocycles. The van der Waals surface area contributed by atoms with Crippen LogP contribution < -0.4 is 5.32 Å². The van der Waals surface area contributed by atoms with E-state index in [0.717, 1.165) is 11.3 Å². The number of nitrogens with one attached hydrogen (secondary N) is 1. The zero-order valence-electron chi connectivity index (χ0n) is 12.2. The van der Waals surface area contributed by atoms with Crippen molar-refractivity contribution in [2.75, 3.05) is 5.32 Å². The third kappa shape index (κ3) is 5.72. The molecule has 0 spiro atoms. The predicted molar refractivity (Wildman–Crippen MR) is 73.3 cm³/mol. The van der Waals surface area contributed by atoms with Crippen LogP contribution in [-0.4, -0.2) is 16.6 Å². The van der Waals surface area contributed by atoms with Crippen LogP contribution in [-0.2, 0) is 37.5 Å². The molecule has 1 aromatic carbocycles. The van der Waals surface area contributed by atoms with E-state index in [0.29, 0.717) is 12.8 Å². The van der Waals surface area contributed by atoms with Gasteiger partial charge < -0.3 is 10.4 Å². The average molecular weight is 337 g/mol. The Morgan fingerprint density at radius 1 is 1.42 bits per heavy atom. The largest absolute Gasteiger partial charge is 0.390 e. The molecule has 0 bridgehead atoms. The van der Waals surface area contributed by atoms with E-state index in [1.165, 1.54) is 0 Å². The fraction of sp³-hybridized carbons (Fsp3) is 0.533. The number of aliphatic hydroxyl groups is 1. The molecule has 1 fully saturated rings. The van der Waals surface area contributed by atoms with Gasteiger partial charge in [-0.1, -0.05) is 26.5 Å². The predicted octanol–water partition coefficient (Wildman–Crippen LogP) is 2.92. The monoisotopic (exact) mass is 337 g/mol. The van der Waals surface area contributed by atoms with Crippen LogP contribution in [0.1, 0.15) is 39.2 Å². The normalized spacial score (nSPS) is 24.2. The van der Waals surface area contributed by atoms with Crippen molar-refractivity contribution < 1.29 is 42.6 Å². The van der Waals surface area contributed by atoms with Gasteiger partial charge in [-0.15, -0.1) is 6.07 Å².